The van der Waals surface area contributed by atoms with Crippen LogP contribution in [0.5, 0.6) is 17.2 Å². The van der Waals surface area contributed by atoms with Crippen molar-refractivity contribution >= 4 is 0 Å². The van der Waals surface area contributed by atoms with E-state index in [0.717, 1.165) is 46.8 Å². The van der Waals surface area contributed by atoms with Crippen molar-refractivity contribution in [3.63, 3.8) is 0 Å². The Labute approximate surface area is 154 Å². The third-order valence-corrected chi connectivity index (χ3v) is 6.19. The van der Waals surface area contributed by atoms with E-state index in [1.165, 1.54) is 6.42 Å². The summed E-state index contributed by atoms with van der Waals surface area (Å²) in [7, 11) is 5.04. The van der Waals surface area contributed by atoms with E-state index in [1.807, 2.05) is 24.3 Å². The molecule has 138 valence electrons. The molecule has 0 amide bonds. The van der Waals surface area contributed by atoms with E-state index in [9.17, 15) is 5.11 Å². The molecule has 0 heterocycles. The first-order valence-corrected chi connectivity index (χ1v) is 9.26. The quantitative estimate of drug-likeness (QED) is 0.882. The van der Waals surface area contributed by atoms with Gasteiger partial charge in [0.05, 0.1) is 27.4 Å². The zero-order valence-corrected chi connectivity index (χ0v) is 15.6. The summed E-state index contributed by atoms with van der Waals surface area (Å²) in [5.41, 5.74) is 3.20. The summed E-state index contributed by atoms with van der Waals surface area (Å²) >= 11 is 0. The molecule has 0 bridgehead atoms. The van der Waals surface area contributed by atoms with Crippen molar-refractivity contribution in [2.75, 3.05) is 21.3 Å². The lowest BCUT2D eigenvalue weighted by Crippen LogP contribution is -2.30. The van der Waals surface area contributed by atoms with Crippen molar-refractivity contribution in [3.8, 4) is 17.2 Å². The monoisotopic (exact) mass is 354 g/mol. The number of aliphatic hydroxyl groups excluding tert-OH is 1. The van der Waals surface area contributed by atoms with E-state index in [-0.39, 0.29) is 5.92 Å². The average Bonchev–Trinajstić information content (AvgIpc) is 3.16. The first-order chi connectivity index (χ1) is 12.7. The molecule has 4 unspecified atom stereocenters. The molecule has 1 N–H and O–H groups in total. The second-order valence-corrected chi connectivity index (χ2v) is 7.24. The van der Waals surface area contributed by atoms with Gasteiger partial charge >= 0.3 is 0 Å². The Morgan fingerprint density at radius 2 is 1.46 bits per heavy atom. The highest BCUT2D eigenvalue weighted by atomic mass is 16.5. The van der Waals surface area contributed by atoms with Gasteiger partial charge in [-0.05, 0) is 54.5 Å². The Morgan fingerprint density at radius 3 is 2.08 bits per heavy atom. The third-order valence-electron chi connectivity index (χ3n) is 6.19. The minimum absolute atomic E-state index is 0.0573. The smallest absolute Gasteiger partial charge is 0.125 e. The van der Waals surface area contributed by atoms with Gasteiger partial charge < -0.3 is 19.3 Å². The van der Waals surface area contributed by atoms with Crippen LogP contribution in [0.3, 0.4) is 0 Å². The van der Waals surface area contributed by atoms with Gasteiger partial charge in [-0.3, -0.25) is 0 Å². The lowest BCUT2D eigenvalue weighted by Gasteiger charge is -2.41. The molecule has 2 aromatic carbocycles. The molecule has 0 spiro atoms. The van der Waals surface area contributed by atoms with Crippen LogP contribution in [-0.4, -0.2) is 26.4 Å². The molecular formula is C22H26O4. The normalized spacial score (nSPS) is 26.8. The van der Waals surface area contributed by atoms with Gasteiger partial charge in [-0.25, -0.2) is 0 Å². The number of fused-ring (bicyclic) bond motifs is 3. The van der Waals surface area contributed by atoms with E-state index in [4.69, 9.17) is 14.2 Å². The number of rotatable bonds is 4. The maximum atomic E-state index is 11.4. The van der Waals surface area contributed by atoms with Crippen LogP contribution in [0.1, 0.15) is 53.9 Å². The molecule has 0 aliphatic heterocycles. The standard InChI is InChI=1S/C22H26O4/c1-24-14-9-7-13(8-10-14)19-15-5-4-6-16(15)20-17(25-2)11-12-18(26-3)21(20)22(19)23/h7-12,15-16,19,22-23H,4-6H2,1-3H3. The third kappa shape index (κ3) is 2.55. The Kier molecular flexibility index (Phi) is 4.53. The summed E-state index contributed by atoms with van der Waals surface area (Å²) in [5.74, 6) is 3.31. The van der Waals surface area contributed by atoms with Gasteiger partial charge in [-0.1, -0.05) is 18.6 Å². The summed E-state index contributed by atoms with van der Waals surface area (Å²) in [4.78, 5) is 0. The summed E-state index contributed by atoms with van der Waals surface area (Å²) in [5, 5.41) is 11.4. The molecule has 0 radical (unpaired) electrons. The first-order valence-electron chi connectivity index (χ1n) is 9.26. The molecule has 4 atom stereocenters. The molecule has 1 saturated carbocycles. The second-order valence-electron chi connectivity index (χ2n) is 7.24. The second kappa shape index (κ2) is 6.84. The molecule has 4 rings (SSSR count). The maximum absolute atomic E-state index is 11.4. The van der Waals surface area contributed by atoms with Crippen molar-refractivity contribution in [3.05, 3.63) is 53.1 Å². The highest BCUT2D eigenvalue weighted by Crippen LogP contribution is 2.60. The van der Waals surface area contributed by atoms with Crippen LogP contribution in [0.25, 0.3) is 0 Å². The SMILES string of the molecule is COc1ccc(C2C(O)c3c(OC)ccc(OC)c3C3CCCC32)cc1. The molecule has 0 saturated heterocycles. The maximum Gasteiger partial charge on any atom is 0.125 e. The molecule has 1 fully saturated rings. The zero-order chi connectivity index (χ0) is 18.3. The largest absolute Gasteiger partial charge is 0.497 e. The fraction of sp³-hybridized carbons (Fsp3) is 0.455. The van der Waals surface area contributed by atoms with Crippen LogP contribution in [0.2, 0.25) is 0 Å². The molecule has 0 aromatic heterocycles. The van der Waals surface area contributed by atoms with Crippen LogP contribution in [0, 0.1) is 5.92 Å². The van der Waals surface area contributed by atoms with Crippen LogP contribution in [0.4, 0.5) is 0 Å². The number of methoxy groups -OCH3 is 3. The van der Waals surface area contributed by atoms with Crippen LogP contribution >= 0.6 is 0 Å². The molecule has 2 aliphatic carbocycles. The number of aliphatic hydroxyl groups is 1. The van der Waals surface area contributed by atoms with E-state index < -0.39 is 6.10 Å². The van der Waals surface area contributed by atoms with Crippen molar-refractivity contribution in [2.45, 2.75) is 37.2 Å². The van der Waals surface area contributed by atoms with Gasteiger partial charge in [0.25, 0.3) is 0 Å². The summed E-state index contributed by atoms with van der Waals surface area (Å²) in [6.45, 7) is 0. The lowest BCUT2D eigenvalue weighted by atomic mass is 9.66. The average molecular weight is 354 g/mol. The first kappa shape index (κ1) is 17.2. The van der Waals surface area contributed by atoms with E-state index in [1.54, 1.807) is 21.3 Å². The summed E-state index contributed by atoms with van der Waals surface area (Å²) in [6, 6.07) is 12.0. The van der Waals surface area contributed by atoms with Gasteiger partial charge in [0.1, 0.15) is 17.2 Å². The van der Waals surface area contributed by atoms with E-state index in [0.29, 0.717) is 11.8 Å². The topological polar surface area (TPSA) is 47.9 Å². The van der Waals surface area contributed by atoms with Crippen molar-refractivity contribution in [1.29, 1.82) is 0 Å². The summed E-state index contributed by atoms with van der Waals surface area (Å²) < 4.78 is 16.6. The Hall–Kier alpha value is -2.20. The number of hydrogen-bond acceptors (Lipinski definition) is 4. The molecule has 4 heteroatoms. The predicted octanol–water partition coefficient (Wildman–Crippen LogP) is 4.43. The number of hydrogen-bond donors (Lipinski definition) is 1. The van der Waals surface area contributed by atoms with Gasteiger partial charge in [-0.2, -0.15) is 0 Å². The Morgan fingerprint density at radius 1 is 0.808 bits per heavy atom. The highest BCUT2D eigenvalue weighted by Gasteiger charge is 2.47. The lowest BCUT2D eigenvalue weighted by molar-refractivity contribution is 0.0931. The van der Waals surface area contributed by atoms with E-state index in [2.05, 4.69) is 12.1 Å². The number of benzene rings is 2. The minimum atomic E-state index is -0.609. The van der Waals surface area contributed by atoms with Crippen LogP contribution in [0.15, 0.2) is 36.4 Å². The highest BCUT2D eigenvalue weighted by molar-refractivity contribution is 5.55. The Balaban J connectivity index is 1.86. The van der Waals surface area contributed by atoms with Crippen LogP contribution < -0.4 is 14.2 Å². The van der Waals surface area contributed by atoms with Crippen molar-refractivity contribution in [1.82, 2.24) is 0 Å². The molecule has 4 nitrogen and oxygen atoms in total. The molecule has 2 aromatic rings. The molecule has 2 aliphatic rings. The van der Waals surface area contributed by atoms with Gasteiger partial charge in [-0.15, -0.1) is 0 Å². The fourth-order valence-corrected chi connectivity index (χ4v) is 5.09. The van der Waals surface area contributed by atoms with Crippen LogP contribution in [-0.2, 0) is 0 Å². The molecule has 26 heavy (non-hydrogen) atoms. The molecular weight excluding hydrogens is 328 g/mol. The Bertz CT molecular complexity index is 783. The zero-order valence-electron chi connectivity index (χ0n) is 15.6. The van der Waals surface area contributed by atoms with Gasteiger partial charge in [0.2, 0.25) is 0 Å². The van der Waals surface area contributed by atoms with Gasteiger partial charge in [0, 0.05) is 17.0 Å². The fourth-order valence-electron chi connectivity index (χ4n) is 5.09. The number of ether oxygens (including phenoxy) is 3. The minimum Gasteiger partial charge on any atom is -0.497 e. The van der Waals surface area contributed by atoms with Gasteiger partial charge in [0.15, 0.2) is 0 Å². The van der Waals surface area contributed by atoms with E-state index >= 15 is 0 Å². The predicted molar refractivity (Wildman–Crippen MR) is 100 cm³/mol. The van der Waals surface area contributed by atoms with Crippen molar-refractivity contribution in [2.24, 2.45) is 5.92 Å². The van der Waals surface area contributed by atoms with Crippen molar-refractivity contribution < 1.29 is 19.3 Å². The summed E-state index contributed by atoms with van der Waals surface area (Å²) in [6.07, 6.45) is 2.82.